The fourth-order valence-electron chi connectivity index (χ4n) is 4.17. The smallest absolute Gasteiger partial charge is 0.343 e. The zero-order chi connectivity index (χ0) is 19.8. The van der Waals surface area contributed by atoms with Crippen LogP contribution in [0.5, 0.6) is 0 Å². The second-order valence-electron chi connectivity index (χ2n) is 7.36. The van der Waals surface area contributed by atoms with Crippen molar-refractivity contribution in [3.8, 4) is 11.4 Å². The summed E-state index contributed by atoms with van der Waals surface area (Å²) in [6, 6.07) is 6.44. The molecule has 6 nitrogen and oxygen atoms in total. The molecular formula is C21H17FN2O4. The molecule has 0 spiro atoms. The van der Waals surface area contributed by atoms with E-state index in [1.54, 1.807) is 25.1 Å². The number of fused-ring (bicyclic) bond motifs is 5. The molecule has 4 heterocycles. The lowest BCUT2D eigenvalue weighted by Gasteiger charge is -2.31. The van der Waals surface area contributed by atoms with Crippen LogP contribution in [0.15, 0.2) is 29.1 Å². The average molecular weight is 380 g/mol. The minimum absolute atomic E-state index is 0.0874. The van der Waals surface area contributed by atoms with Crippen LogP contribution in [0.4, 0.5) is 4.39 Å². The Kier molecular flexibility index (Phi) is 3.34. The number of nitrogens with zero attached hydrogens (tertiary/aromatic N) is 2. The minimum Gasteiger partial charge on any atom is -0.458 e. The molecule has 2 aliphatic heterocycles. The van der Waals surface area contributed by atoms with Crippen molar-refractivity contribution in [3.63, 3.8) is 0 Å². The van der Waals surface area contributed by atoms with Gasteiger partial charge in [0, 0.05) is 16.5 Å². The van der Waals surface area contributed by atoms with Crippen molar-refractivity contribution in [1.82, 2.24) is 9.55 Å². The molecule has 0 aliphatic carbocycles. The lowest BCUT2D eigenvalue weighted by Crippen LogP contribution is -2.44. The lowest BCUT2D eigenvalue weighted by molar-refractivity contribution is -0.172. The van der Waals surface area contributed by atoms with Crippen molar-refractivity contribution in [1.29, 1.82) is 0 Å². The number of aryl methyl sites for hydroxylation is 1. The van der Waals surface area contributed by atoms with Gasteiger partial charge in [0.25, 0.3) is 5.56 Å². The Bertz CT molecular complexity index is 1260. The van der Waals surface area contributed by atoms with E-state index in [1.165, 1.54) is 10.6 Å². The first-order valence-corrected chi connectivity index (χ1v) is 9.11. The van der Waals surface area contributed by atoms with E-state index in [-0.39, 0.29) is 42.1 Å². The Balaban J connectivity index is 1.83. The Hall–Kier alpha value is -3.06. The van der Waals surface area contributed by atoms with Crippen molar-refractivity contribution >= 4 is 16.9 Å². The zero-order valence-corrected chi connectivity index (χ0v) is 15.4. The third-order valence-electron chi connectivity index (χ3n) is 5.83. The van der Waals surface area contributed by atoms with Crippen molar-refractivity contribution < 1.29 is 19.0 Å². The summed E-state index contributed by atoms with van der Waals surface area (Å²) in [5, 5.41) is 11.3. The number of aromatic nitrogens is 2. The van der Waals surface area contributed by atoms with Crippen LogP contribution >= 0.6 is 0 Å². The van der Waals surface area contributed by atoms with E-state index in [0.717, 1.165) is 11.1 Å². The molecule has 0 saturated carbocycles. The predicted molar refractivity (Wildman–Crippen MR) is 99.2 cm³/mol. The summed E-state index contributed by atoms with van der Waals surface area (Å²) in [6.07, 6.45) is 0.0874. The Morgan fingerprint density at radius 2 is 2.11 bits per heavy atom. The van der Waals surface area contributed by atoms with Crippen molar-refractivity contribution in [2.75, 3.05) is 0 Å². The molecule has 0 unspecified atom stereocenters. The van der Waals surface area contributed by atoms with Gasteiger partial charge < -0.3 is 14.4 Å². The number of hydrogen-bond donors (Lipinski definition) is 1. The molecule has 7 heteroatoms. The van der Waals surface area contributed by atoms with Crippen LogP contribution in [0.1, 0.15) is 35.6 Å². The summed E-state index contributed by atoms with van der Waals surface area (Å²) in [4.78, 5) is 29.9. The number of cyclic esters (lactones) is 1. The number of ether oxygens (including phenoxy) is 1. The average Bonchev–Trinajstić information content (AvgIpc) is 3.05. The molecule has 3 aromatic rings. The Morgan fingerprint density at radius 1 is 1.32 bits per heavy atom. The fourth-order valence-corrected chi connectivity index (χ4v) is 4.17. The van der Waals surface area contributed by atoms with Gasteiger partial charge in [0.1, 0.15) is 12.4 Å². The van der Waals surface area contributed by atoms with Gasteiger partial charge in [0.2, 0.25) is 0 Å². The van der Waals surface area contributed by atoms with E-state index in [4.69, 9.17) is 4.74 Å². The number of aliphatic hydroxyl groups is 1. The highest BCUT2D eigenvalue weighted by Gasteiger charge is 2.45. The van der Waals surface area contributed by atoms with E-state index in [1.807, 2.05) is 6.92 Å². The Labute approximate surface area is 159 Å². The van der Waals surface area contributed by atoms with Gasteiger partial charge in [-0.15, -0.1) is 0 Å². The third-order valence-corrected chi connectivity index (χ3v) is 5.83. The molecule has 0 amide bonds. The van der Waals surface area contributed by atoms with E-state index < -0.39 is 11.6 Å². The monoisotopic (exact) mass is 380 g/mol. The number of halogens is 1. The van der Waals surface area contributed by atoms with Gasteiger partial charge in [0.05, 0.1) is 29.0 Å². The van der Waals surface area contributed by atoms with Crippen molar-refractivity contribution in [2.45, 2.75) is 39.0 Å². The molecule has 1 N–H and O–H groups in total. The van der Waals surface area contributed by atoms with E-state index in [0.29, 0.717) is 22.3 Å². The van der Waals surface area contributed by atoms with Crippen LogP contribution in [-0.2, 0) is 28.3 Å². The summed E-state index contributed by atoms with van der Waals surface area (Å²) in [6.45, 7) is 3.59. The zero-order valence-electron chi connectivity index (χ0n) is 15.4. The standard InChI is InChI=1S/C21H17FN2O4/c1-3-21(27)14-7-16-18-11(6-12-15(22)5-4-10(2)17(12)23-18)8-24(16)19(25)13(14)9-28-20(21)26/h4-7,27H,3,8-9H2,1-2H3/t21-/m0/s1. The molecule has 0 fully saturated rings. The molecule has 1 atom stereocenters. The van der Waals surface area contributed by atoms with E-state index in [9.17, 15) is 19.1 Å². The molecular weight excluding hydrogens is 363 g/mol. The normalized spacial score (nSPS) is 19.9. The molecule has 5 rings (SSSR count). The van der Waals surface area contributed by atoms with Gasteiger partial charge in [-0.3, -0.25) is 4.79 Å². The van der Waals surface area contributed by atoms with Gasteiger partial charge in [-0.2, -0.15) is 0 Å². The summed E-state index contributed by atoms with van der Waals surface area (Å²) < 4.78 is 20.9. The minimum atomic E-state index is -1.86. The van der Waals surface area contributed by atoms with Crippen LogP contribution in [0.25, 0.3) is 22.3 Å². The van der Waals surface area contributed by atoms with Gasteiger partial charge in [-0.05, 0) is 37.1 Å². The lowest BCUT2D eigenvalue weighted by atomic mass is 9.86. The maximum Gasteiger partial charge on any atom is 0.343 e. The number of carbonyl (C=O) groups excluding carboxylic acids is 1. The second kappa shape index (κ2) is 5.48. The number of hydrogen-bond acceptors (Lipinski definition) is 5. The highest BCUT2D eigenvalue weighted by atomic mass is 19.1. The number of rotatable bonds is 1. The number of carbonyl (C=O) groups is 1. The van der Waals surface area contributed by atoms with Gasteiger partial charge >= 0.3 is 5.97 Å². The van der Waals surface area contributed by atoms with E-state index in [2.05, 4.69) is 4.98 Å². The molecule has 0 bridgehead atoms. The van der Waals surface area contributed by atoms with Gasteiger partial charge in [-0.1, -0.05) is 13.0 Å². The fraction of sp³-hybridized carbons (Fsp3) is 0.286. The second-order valence-corrected chi connectivity index (χ2v) is 7.36. The molecule has 1 aromatic carbocycles. The highest BCUT2D eigenvalue weighted by molar-refractivity contribution is 5.88. The molecule has 2 aromatic heterocycles. The van der Waals surface area contributed by atoms with Crippen LogP contribution < -0.4 is 5.56 Å². The van der Waals surface area contributed by atoms with Crippen LogP contribution in [0.2, 0.25) is 0 Å². The topological polar surface area (TPSA) is 81.4 Å². The van der Waals surface area contributed by atoms with Crippen molar-refractivity contribution in [2.24, 2.45) is 0 Å². The van der Waals surface area contributed by atoms with Crippen LogP contribution in [-0.4, -0.2) is 20.6 Å². The first-order chi connectivity index (χ1) is 13.3. The number of benzene rings is 1. The summed E-state index contributed by atoms with van der Waals surface area (Å²) in [7, 11) is 0. The first-order valence-electron chi connectivity index (χ1n) is 9.11. The van der Waals surface area contributed by atoms with Gasteiger partial charge in [-0.25, -0.2) is 14.2 Å². The third kappa shape index (κ3) is 2.02. The van der Waals surface area contributed by atoms with Crippen LogP contribution in [0.3, 0.4) is 0 Å². The maximum absolute atomic E-state index is 14.3. The number of pyridine rings is 2. The molecule has 0 saturated heterocycles. The molecule has 2 aliphatic rings. The molecule has 142 valence electrons. The summed E-state index contributed by atoms with van der Waals surface area (Å²) in [5.74, 6) is -1.12. The SMILES string of the molecule is CC[C@@]1(O)C(=O)OCc2c1cc1n(c2=O)Cc2cc3c(F)ccc(C)c3nc2-1. The van der Waals surface area contributed by atoms with Gasteiger partial charge in [0.15, 0.2) is 5.60 Å². The quantitative estimate of drug-likeness (QED) is 0.513. The highest BCUT2D eigenvalue weighted by Crippen LogP contribution is 2.39. The largest absolute Gasteiger partial charge is 0.458 e. The Morgan fingerprint density at radius 3 is 2.86 bits per heavy atom. The van der Waals surface area contributed by atoms with E-state index >= 15 is 0 Å². The summed E-state index contributed by atoms with van der Waals surface area (Å²) >= 11 is 0. The predicted octanol–water partition coefficient (Wildman–Crippen LogP) is 2.53. The molecule has 28 heavy (non-hydrogen) atoms. The van der Waals surface area contributed by atoms with Crippen LogP contribution in [0, 0.1) is 12.7 Å². The van der Waals surface area contributed by atoms with Crippen molar-refractivity contribution in [3.05, 3.63) is 62.7 Å². The summed E-state index contributed by atoms with van der Waals surface area (Å²) in [5.41, 5.74) is 1.53. The first kappa shape index (κ1) is 17.1. The molecule has 0 radical (unpaired) electrons. The maximum atomic E-state index is 14.3. The number of esters is 1.